The van der Waals surface area contributed by atoms with Crippen molar-refractivity contribution in [3.63, 3.8) is 0 Å². The van der Waals surface area contributed by atoms with Crippen LogP contribution in [0.15, 0.2) is 39.2 Å². The molecule has 152 valence electrons. The van der Waals surface area contributed by atoms with Crippen molar-refractivity contribution in [3.05, 3.63) is 54.6 Å². The van der Waals surface area contributed by atoms with Gasteiger partial charge in [-0.15, -0.1) is 0 Å². The molecule has 0 atom stereocenters. The highest BCUT2D eigenvalue weighted by Gasteiger charge is 2.31. The zero-order valence-electron chi connectivity index (χ0n) is 14.4. The summed E-state index contributed by atoms with van der Waals surface area (Å²) in [6.07, 6.45) is 0. The second kappa shape index (κ2) is 8.62. The summed E-state index contributed by atoms with van der Waals surface area (Å²) in [6, 6.07) is 8.56. The normalized spacial score (nSPS) is 11.4. The van der Waals surface area contributed by atoms with Gasteiger partial charge >= 0.3 is 17.1 Å². The fourth-order valence-corrected chi connectivity index (χ4v) is 7.14. The smallest absolute Gasteiger partial charge is 0.378 e. The number of aromatic hydroxyl groups is 2. The number of carboxylic acid groups (broad SMARTS) is 1. The van der Waals surface area contributed by atoms with Crippen LogP contribution >= 0.6 is 106 Å². The molecule has 1 heterocycles. The lowest BCUT2D eigenvalue weighted by molar-refractivity contribution is 0.0697. The number of hydrogen-bond donors (Lipinski definition) is 3. The topological polar surface area (TPSA) is 89.1 Å². The monoisotopic (exact) mass is 915 g/mol. The third-order valence-electron chi connectivity index (χ3n) is 4.52. The molecule has 3 aromatic carbocycles. The third kappa shape index (κ3) is 3.77. The van der Waals surface area contributed by atoms with E-state index in [1.54, 1.807) is 30.3 Å². The molecule has 10 heteroatoms. The van der Waals surface area contributed by atoms with Crippen molar-refractivity contribution in [1.82, 2.24) is 0 Å². The predicted octanol–water partition coefficient (Wildman–Crippen LogP) is 7.82. The molecule has 0 saturated heterocycles. The molecular weight excluding hydrogens is 908 g/mol. The molecule has 0 aliphatic heterocycles. The Kier molecular flexibility index (Phi) is 6.61. The lowest BCUT2D eigenvalue weighted by atomic mass is 9.93. The van der Waals surface area contributed by atoms with Gasteiger partial charge in [0, 0.05) is 10.0 Å². The average molecular weight is 916 g/mol. The minimum absolute atomic E-state index is 0.0928. The van der Waals surface area contributed by atoms with Crippen LogP contribution in [0.3, 0.4) is 0 Å². The van der Waals surface area contributed by atoms with Crippen LogP contribution < -0.4 is 0 Å². The first-order valence-electron chi connectivity index (χ1n) is 8.12. The Morgan fingerprint density at radius 1 is 0.867 bits per heavy atom. The molecule has 30 heavy (non-hydrogen) atoms. The zero-order valence-corrected chi connectivity index (χ0v) is 24.7. The second-order valence-corrected chi connectivity index (χ2v) is 11.7. The quantitative estimate of drug-likeness (QED) is 0.109. The number of rotatable bonds is 2. The largest absolute Gasteiger partial charge is 0.505 e. The van der Waals surface area contributed by atoms with Gasteiger partial charge in [0.1, 0.15) is 0 Å². The highest BCUT2D eigenvalue weighted by molar-refractivity contribution is 14.1. The molecule has 0 spiro atoms. The first-order chi connectivity index (χ1) is 14.1. The number of fused-ring (bicyclic) bond motifs is 2. The minimum Gasteiger partial charge on any atom is -0.505 e. The van der Waals surface area contributed by atoms with E-state index < -0.39 is 5.97 Å². The Morgan fingerprint density at radius 2 is 1.37 bits per heavy atom. The molecule has 5 nitrogen and oxygen atoms in total. The maximum absolute atomic E-state index is 12.0. The Bertz CT molecular complexity index is 1330. The van der Waals surface area contributed by atoms with E-state index in [-0.39, 0.29) is 17.1 Å². The van der Waals surface area contributed by atoms with Gasteiger partial charge in [-0.2, -0.15) is 0 Å². The highest BCUT2D eigenvalue weighted by Crippen LogP contribution is 2.46. The molecule has 1 aromatic heterocycles. The maximum Gasteiger partial charge on any atom is 0.378 e. The molecule has 3 N–H and O–H groups in total. The van der Waals surface area contributed by atoms with Gasteiger partial charge in [-0.25, -0.2) is 9.21 Å². The lowest BCUT2D eigenvalue weighted by Gasteiger charge is -2.12. The van der Waals surface area contributed by atoms with E-state index in [0.29, 0.717) is 47.3 Å². The summed E-state index contributed by atoms with van der Waals surface area (Å²) in [5.74, 6) is -0.865. The summed E-state index contributed by atoms with van der Waals surface area (Å²) in [7, 11) is 0. The number of carboxylic acids is 1. The van der Waals surface area contributed by atoms with E-state index in [4.69, 9.17) is 4.42 Å². The molecule has 0 amide bonds. The Labute approximate surface area is 232 Å². The standard InChI is InChI=1S/C20H7BrI4O5/c21-6-1-2-7(20(28)29)8(3-6)13-9-4-11(22)16(26)14(24)18(9)30-19-10(13)5-12(23)17(27)15(19)25/h1-5H,(H2-,26,27,28,29)/p+1. The molecular formula is C20H8BrI4O5+. The summed E-state index contributed by atoms with van der Waals surface area (Å²) >= 11 is 11.6. The number of aromatic carboxylic acids is 1. The van der Waals surface area contributed by atoms with Crippen LogP contribution in [-0.2, 0) is 0 Å². The van der Waals surface area contributed by atoms with Gasteiger partial charge in [-0.3, -0.25) is 0 Å². The lowest BCUT2D eigenvalue weighted by Crippen LogP contribution is -2.01. The fourth-order valence-electron chi connectivity index (χ4n) is 3.20. The van der Waals surface area contributed by atoms with Crippen LogP contribution in [0.1, 0.15) is 10.4 Å². The number of halogens is 5. The van der Waals surface area contributed by atoms with E-state index in [1.165, 1.54) is 0 Å². The molecule has 0 bridgehead atoms. The predicted molar refractivity (Wildman–Crippen MR) is 152 cm³/mol. The van der Waals surface area contributed by atoms with Crippen LogP contribution in [0, 0.1) is 14.3 Å². The van der Waals surface area contributed by atoms with E-state index in [1.807, 2.05) is 90.4 Å². The molecule has 0 aliphatic carbocycles. The zero-order chi connectivity index (χ0) is 21.9. The summed E-state index contributed by atoms with van der Waals surface area (Å²) in [5.41, 5.74) is 2.16. The highest BCUT2D eigenvalue weighted by atomic mass is 127. The van der Waals surface area contributed by atoms with Gasteiger partial charge in [-0.1, -0.05) is 15.9 Å². The van der Waals surface area contributed by atoms with Crippen LogP contribution in [0.25, 0.3) is 33.1 Å². The van der Waals surface area contributed by atoms with Gasteiger partial charge in [0.2, 0.25) is 0 Å². The summed E-state index contributed by atoms with van der Waals surface area (Å²) < 4.78 is 9.17. The molecule has 4 aromatic rings. The van der Waals surface area contributed by atoms with Crippen molar-refractivity contribution in [2.75, 3.05) is 0 Å². The molecule has 0 fully saturated rings. The summed E-state index contributed by atoms with van der Waals surface area (Å²) in [4.78, 5) is 12.0. The molecule has 0 radical (unpaired) electrons. The number of hydrogen-bond acceptors (Lipinski definition) is 3. The van der Waals surface area contributed by atoms with Gasteiger partial charge in [-0.05, 0) is 126 Å². The third-order valence-corrected chi connectivity index (χ3v) is 8.66. The van der Waals surface area contributed by atoms with Crippen molar-refractivity contribution in [2.24, 2.45) is 0 Å². The van der Waals surface area contributed by atoms with Crippen molar-refractivity contribution in [1.29, 1.82) is 0 Å². The maximum atomic E-state index is 12.0. The van der Waals surface area contributed by atoms with Crippen LogP contribution in [-0.4, -0.2) is 21.3 Å². The van der Waals surface area contributed by atoms with Gasteiger partial charge in [0.15, 0.2) is 18.6 Å². The number of phenols is 2. The first-order valence-corrected chi connectivity index (χ1v) is 13.2. The first kappa shape index (κ1) is 23.0. The van der Waals surface area contributed by atoms with E-state index in [2.05, 4.69) is 15.9 Å². The van der Waals surface area contributed by atoms with Crippen molar-refractivity contribution >= 4 is 134 Å². The molecule has 0 aliphatic rings. The van der Waals surface area contributed by atoms with Gasteiger partial charge < -0.3 is 15.3 Å². The minimum atomic E-state index is -1.05. The van der Waals surface area contributed by atoms with Crippen molar-refractivity contribution in [3.8, 4) is 22.6 Å². The van der Waals surface area contributed by atoms with Crippen LogP contribution in [0.2, 0.25) is 0 Å². The average Bonchev–Trinajstić information content (AvgIpc) is 2.69. The Hall–Kier alpha value is -0.200. The van der Waals surface area contributed by atoms with Crippen molar-refractivity contribution in [2.45, 2.75) is 0 Å². The summed E-state index contributed by atoms with van der Waals surface area (Å²) in [5, 5.41) is 32.1. The summed E-state index contributed by atoms with van der Waals surface area (Å²) in [6.45, 7) is 0. The van der Waals surface area contributed by atoms with E-state index in [9.17, 15) is 20.1 Å². The van der Waals surface area contributed by atoms with Gasteiger partial charge in [0.05, 0.1) is 23.5 Å². The Morgan fingerprint density at radius 3 is 1.83 bits per heavy atom. The number of phenolic OH excluding ortho intramolecular Hbond substituents is 2. The Balaban J connectivity index is 2.36. The van der Waals surface area contributed by atoms with E-state index in [0.717, 1.165) is 4.47 Å². The van der Waals surface area contributed by atoms with E-state index >= 15 is 0 Å². The molecule has 4 rings (SSSR count). The second-order valence-electron chi connectivity index (χ2n) is 6.27. The van der Waals surface area contributed by atoms with Crippen LogP contribution in [0.4, 0.5) is 0 Å². The number of benzene rings is 3. The van der Waals surface area contributed by atoms with Crippen LogP contribution in [0.5, 0.6) is 11.5 Å². The molecule has 0 saturated carbocycles. The SMILES string of the molecule is O=C(O)c1ccc(Br)cc1-c1c2cc(I)c(O)c(I)c2[o+]c2c(I)c(O)c(I)cc12. The molecule has 0 unspecified atom stereocenters. The van der Waals surface area contributed by atoms with Gasteiger partial charge in [0.25, 0.3) is 0 Å². The fraction of sp³-hybridized carbons (Fsp3) is 0. The number of carbonyl (C=O) groups is 1. The van der Waals surface area contributed by atoms with Crippen molar-refractivity contribution < 1.29 is 24.5 Å².